The lowest BCUT2D eigenvalue weighted by Crippen LogP contribution is -2.12. The smallest absolute Gasteiger partial charge is 0.267 e. The van der Waals surface area contributed by atoms with Crippen LogP contribution in [-0.4, -0.2) is 18.0 Å². The number of methoxy groups -OCH3 is 1. The molecular weight excluding hydrogens is 406 g/mol. The first-order valence-electron chi connectivity index (χ1n) is 8.87. The molecule has 0 aliphatic heterocycles. The number of nitrogens with zero attached hydrogens (tertiary/aromatic N) is 1. The molecule has 0 aliphatic carbocycles. The van der Waals surface area contributed by atoms with Crippen LogP contribution in [0.4, 0.5) is 11.4 Å². The van der Waals surface area contributed by atoms with Crippen LogP contribution in [0, 0.1) is 6.92 Å². The van der Waals surface area contributed by atoms with E-state index in [9.17, 15) is 4.79 Å². The molecule has 5 nitrogen and oxygen atoms in total. The lowest BCUT2D eigenvalue weighted by Gasteiger charge is -2.08. The minimum absolute atomic E-state index is 0.279. The van der Waals surface area contributed by atoms with Crippen LogP contribution >= 0.6 is 22.9 Å². The van der Waals surface area contributed by atoms with Crippen LogP contribution in [0.1, 0.15) is 15.2 Å². The summed E-state index contributed by atoms with van der Waals surface area (Å²) in [7, 11) is 1.63. The third-order valence-electron chi connectivity index (χ3n) is 4.61. The summed E-state index contributed by atoms with van der Waals surface area (Å²) in [5, 5.41) is 4.21. The van der Waals surface area contributed by atoms with E-state index in [4.69, 9.17) is 27.1 Å². The van der Waals surface area contributed by atoms with E-state index in [1.165, 1.54) is 11.3 Å². The Balaban J connectivity index is 1.70. The zero-order valence-corrected chi connectivity index (χ0v) is 17.4. The third-order valence-corrected chi connectivity index (χ3v) is 5.96. The maximum atomic E-state index is 12.8. The van der Waals surface area contributed by atoms with E-state index in [-0.39, 0.29) is 5.91 Å². The molecule has 2 aromatic carbocycles. The molecule has 0 atom stereocenters. The fraction of sp³-hybridized carbons (Fsp3) is 0.0909. The highest BCUT2D eigenvalue weighted by Gasteiger charge is 2.18. The number of hydrogen-bond donors (Lipinski definition) is 2. The third kappa shape index (κ3) is 3.77. The van der Waals surface area contributed by atoms with Crippen molar-refractivity contribution in [1.29, 1.82) is 0 Å². The second-order valence-corrected chi connectivity index (χ2v) is 7.97. The SMILES string of the molecule is COc1cccc(-c2ccc3c(N)c(C(=O)Nc4cc(Cl)ccc4C)sc3n2)c1. The van der Waals surface area contributed by atoms with Crippen molar-refractivity contribution in [1.82, 2.24) is 4.98 Å². The summed E-state index contributed by atoms with van der Waals surface area (Å²) in [5.41, 5.74) is 9.97. The molecule has 2 heterocycles. The maximum Gasteiger partial charge on any atom is 0.267 e. The molecule has 4 rings (SSSR count). The van der Waals surface area contributed by atoms with Gasteiger partial charge in [-0.25, -0.2) is 4.98 Å². The van der Waals surface area contributed by atoms with Gasteiger partial charge in [0.15, 0.2) is 0 Å². The van der Waals surface area contributed by atoms with Crippen LogP contribution in [-0.2, 0) is 0 Å². The molecule has 1 amide bonds. The van der Waals surface area contributed by atoms with E-state index < -0.39 is 0 Å². The number of nitrogens with two attached hydrogens (primary N) is 1. The number of benzene rings is 2. The van der Waals surface area contributed by atoms with Gasteiger partial charge in [0.1, 0.15) is 15.5 Å². The molecule has 0 spiro atoms. The normalized spacial score (nSPS) is 10.9. The Morgan fingerprint density at radius 1 is 1.17 bits per heavy atom. The second kappa shape index (κ2) is 7.73. The molecule has 4 aromatic rings. The van der Waals surface area contributed by atoms with Gasteiger partial charge in [0.2, 0.25) is 0 Å². The van der Waals surface area contributed by atoms with Crippen LogP contribution < -0.4 is 15.8 Å². The first-order valence-corrected chi connectivity index (χ1v) is 10.1. The average Bonchev–Trinajstić information content (AvgIpc) is 3.07. The molecule has 0 saturated heterocycles. The minimum atomic E-state index is -0.279. The molecule has 0 fully saturated rings. The summed E-state index contributed by atoms with van der Waals surface area (Å²) in [6, 6.07) is 16.8. The van der Waals surface area contributed by atoms with Crippen LogP contribution in [0.15, 0.2) is 54.6 Å². The molecule has 29 heavy (non-hydrogen) atoms. The van der Waals surface area contributed by atoms with Gasteiger partial charge in [0.25, 0.3) is 5.91 Å². The topological polar surface area (TPSA) is 77.2 Å². The Morgan fingerprint density at radius 3 is 2.79 bits per heavy atom. The van der Waals surface area contributed by atoms with Crippen LogP contribution in [0.3, 0.4) is 0 Å². The number of rotatable bonds is 4. The number of nitrogen functional groups attached to an aromatic ring is 1. The standard InChI is InChI=1S/C22H18ClN3O2S/c1-12-6-7-14(23)11-18(12)25-21(27)20-19(24)16-8-9-17(26-22(16)29-20)13-4-3-5-15(10-13)28-2/h3-11H,24H2,1-2H3,(H,25,27). The molecule has 3 N–H and O–H groups in total. The summed E-state index contributed by atoms with van der Waals surface area (Å²) in [6.07, 6.45) is 0. The number of amides is 1. The highest BCUT2D eigenvalue weighted by atomic mass is 35.5. The number of pyridine rings is 1. The highest BCUT2D eigenvalue weighted by Crippen LogP contribution is 2.35. The van der Waals surface area contributed by atoms with E-state index in [1.807, 2.05) is 49.4 Å². The van der Waals surface area contributed by atoms with Gasteiger partial charge >= 0.3 is 0 Å². The summed E-state index contributed by atoms with van der Waals surface area (Å²) in [5.74, 6) is 0.478. The van der Waals surface area contributed by atoms with Gasteiger partial charge in [-0.3, -0.25) is 4.79 Å². The average molecular weight is 424 g/mol. The first kappa shape index (κ1) is 19.2. The molecular formula is C22H18ClN3O2S. The molecule has 0 aliphatic rings. The monoisotopic (exact) mass is 423 g/mol. The molecule has 7 heteroatoms. The largest absolute Gasteiger partial charge is 0.497 e. The van der Waals surface area contributed by atoms with Gasteiger partial charge < -0.3 is 15.8 Å². The maximum absolute atomic E-state index is 12.8. The van der Waals surface area contributed by atoms with Crippen molar-refractivity contribution in [2.75, 3.05) is 18.2 Å². The predicted octanol–water partition coefficient (Wildman–Crippen LogP) is 5.77. The highest BCUT2D eigenvalue weighted by molar-refractivity contribution is 7.21. The zero-order valence-electron chi connectivity index (χ0n) is 15.8. The lowest BCUT2D eigenvalue weighted by molar-refractivity contribution is 0.103. The number of aromatic nitrogens is 1. The summed E-state index contributed by atoms with van der Waals surface area (Å²) in [6.45, 7) is 1.90. The van der Waals surface area contributed by atoms with E-state index >= 15 is 0 Å². The molecule has 0 radical (unpaired) electrons. The second-order valence-electron chi connectivity index (χ2n) is 6.54. The zero-order chi connectivity index (χ0) is 20.5. The van der Waals surface area contributed by atoms with Crippen molar-refractivity contribution >= 4 is 50.4 Å². The van der Waals surface area contributed by atoms with Crippen molar-refractivity contribution in [2.45, 2.75) is 6.92 Å². The van der Waals surface area contributed by atoms with E-state index in [2.05, 4.69) is 5.32 Å². The number of halogens is 1. The number of carbonyl (C=O) groups excluding carboxylic acids is 1. The van der Waals surface area contributed by atoms with E-state index in [0.717, 1.165) is 28.0 Å². The Bertz CT molecular complexity index is 1240. The fourth-order valence-corrected chi connectivity index (χ4v) is 4.18. The van der Waals surface area contributed by atoms with Gasteiger partial charge in [-0.15, -0.1) is 11.3 Å². The first-order chi connectivity index (χ1) is 14.0. The minimum Gasteiger partial charge on any atom is -0.497 e. The van der Waals surface area contributed by atoms with Crippen molar-refractivity contribution in [3.63, 3.8) is 0 Å². The number of aryl methyl sites for hydroxylation is 1. The van der Waals surface area contributed by atoms with Crippen LogP contribution in [0.25, 0.3) is 21.5 Å². The van der Waals surface area contributed by atoms with Gasteiger partial charge in [0, 0.05) is 21.7 Å². The predicted molar refractivity (Wildman–Crippen MR) is 120 cm³/mol. The van der Waals surface area contributed by atoms with Crippen molar-refractivity contribution in [3.8, 4) is 17.0 Å². The number of carbonyl (C=O) groups is 1. The lowest BCUT2D eigenvalue weighted by atomic mass is 10.1. The Labute approximate surface area is 177 Å². The van der Waals surface area contributed by atoms with Crippen LogP contribution in [0.5, 0.6) is 5.75 Å². The summed E-state index contributed by atoms with van der Waals surface area (Å²) >= 11 is 7.31. The molecule has 0 saturated carbocycles. The van der Waals surface area contributed by atoms with Crippen molar-refractivity contribution < 1.29 is 9.53 Å². The molecule has 0 unspecified atom stereocenters. The number of hydrogen-bond acceptors (Lipinski definition) is 5. The molecule has 2 aromatic heterocycles. The van der Waals surface area contributed by atoms with Gasteiger partial charge in [-0.05, 0) is 48.9 Å². The van der Waals surface area contributed by atoms with Gasteiger partial charge in [0.05, 0.1) is 18.5 Å². The van der Waals surface area contributed by atoms with Crippen molar-refractivity contribution in [3.05, 3.63) is 70.1 Å². The van der Waals surface area contributed by atoms with E-state index in [1.54, 1.807) is 19.2 Å². The quantitative estimate of drug-likeness (QED) is 0.437. The molecule has 0 bridgehead atoms. The Morgan fingerprint density at radius 2 is 2.00 bits per heavy atom. The van der Waals surface area contributed by atoms with Gasteiger partial charge in [-0.2, -0.15) is 0 Å². The summed E-state index contributed by atoms with van der Waals surface area (Å²) < 4.78 is 5.29. The Hall–Kier alpha value is -3.09. The fourth-order valence-electron chi connectivity index (χ4n) is 3.02. The Kier molecular flexibility index (Phi) is 5.13. The number of thiophene rings is 1. The number of nitrogens with one attached hydrogen (secondary N) is 1. The summed E-state index contributed by atoms with van der Waals surface area (Å²) in [4.78, 5) is 18.7. The number of ether oxygens (including phenoxy) is 1. The van der Waals surface area contributed by atoms with Gasteiger partial charge in [-0.1, -0.05) is 29.8 Å². The molecule has 146 valence electrons. The van der Waals surface area contributed by atoms with E-state index in [0.29, 0.717) is 26.1 Å². The van der Waals surface area contributed by atoms with Crippen molar-refractivity contribution in [2.24, 2.45) is 0 Å². The number of anilines is 2. The van der Waals surface area contributed by atoms with Crippen LogP contribution in [0.2, 0.25) is 5.02 Å². The number of fused-ring (bicyclic) bond motifs is 1.